The zero-order chi connectivity index (χ0) is 23.4. The maximum absolute atomic E-state index is 13.3. The van der Waals surface area contributed by atoms with Crippen molar-refractivity contribution in [2.75, 3.05) is 25.5 Å². The summed E-state index contributed by atoms with van der Waals surface area (Å²) < 4.78 is 12.2. The largest absolute Gasteiger partial charge is 0.490 e. The maximum atomic E-state index is 13.3. The molecule has 2 aliphatic heterocycles. The van der Waals surface area contributed by atoms with Crippen LogP contribution in [0.3, 0.4) is 0 Å². The molecular weight excluding hydrogens is 422 g/mol. The Kier molecular flexibility index (Phi) is 7.53. The minimum atomic E-state index is -0.300. The van der Waals surface area contributed by atoms with Gasteiger partial charge in [-0.15, -0.1) is 0 Å². The van der Waals surface area contributed by atoms with E-state index in [1.807, 2.05) is 6.92 Å². The summed E-state index contributed by atoms with van der Waals surface area (Å²) in [7, 11) is 1.79. The number of fused-ring (bicyclic) bond motifs is 2. The lowest BCUT2D eigenvalue weighted by Crippen LogP contribution is -2.54. The van der Waals surface area contributed by atoms with Crippen molar-refractivity contribution in [2.45, 2.75) is 76.5 Å². The van der Waals surface area contributed by atoms with E-state index in [0.717, 1.165) is 32.1 Å². The van der Waals surface area contributed by atoms with Gasteiger partial charge in [-0.05, 0) is 50.8 Å². The van der Waals surface area contributed by atoms with Crippen LogP contribution in [0, 0.1) is 5.92 Å². The lowest BCUT2D eigenvalue weighted by Gasteiger charge is -2.42. The predicted octanol–water partition coefficient (Wildman–Crippen LogP) is 3.11. The third-order valence-corrected chi connectivity index (χ3v) is 7.04. The first-order chi connectivity index (χ1) is 16.0. The number of anilines is 1. The quantitative estimate of drug-likeness (QED) is 0.708. The molecule has 3 amide bonds. The van der Waals surface area contributed by atoms with E-state index in [4.69, 9.17) is 9.47 Å². The Hall–Kier alpha value is -2.61. The van der Waals surface area contributed by atoms with Crippen LogP contribution in [0.25, 0.3) is 0 Å². The second-order valence-electron chi connectivity index (χ2n) is 9.36. The zero-order valence-electron chi connectivity index (χ0n) is 19.6. The summed E-state index contributed by atoms with van der Waals surface area (Å²) in [6, 6.07) is 5.12. The van der Waals surface area contributed by atoms with Gasteiger partial charge < -0.3 is 25.0 Å². The smallest absolute Gasteiger partial charge is 0.257 e. The highest BCUT2D eigenvalue weighted by atomic mass is 16.5. The number of rotatable bonds is 5. The van der Waals surface area contributed by atoms with E-state index in [2.05, 4.69) is 10.6 Å². The highest BCUT2D eigenvalue weighted by Crippen LogP contribution is 2.33. The second kappa shape index (κ2) is 10.5. The molecule has 8 heteroatoms. The standard InChI is InChI=1S/C25H35N3O5/c1-3-26-23(29)14-18-10-11-20-22(33-18)15-32-21-12-9-17(13-19(21)25(31)28(20)2)27-24(30)16-7-5-4-6-8-16/h9,12-13,16,18,20,22H,3-8,10-11,14-15H2,1-2H3,(H,26,29)(H,27,30)/t18-,20-,22-/m1/s1. The number of hydrogen-bond donors (Lipinski definition) is 2. The molecule has 1 aromatic rings. The first-order valence-electron chi connectivity index (χ1n) is 12.2. The fourth-order valence-electron chi connectivity index (χ4n) is 5.19. The van der Waals surface area contributed by atoms with Crippen LogP contribution < -0.4 is 15.4 Å². The summed E-state index contributed by atoms with van der Waals surface area (Å²) in [5.41, 5.74) is 1.07. The highest BCUT2D eigenvalue weighted by Gasteiger charge is 2.39. The predicted molar refractivity (Wildman–Crippen MR) is 124 cm³/mol. The van der Waals surface area contributed by atoms with Crippen molar-refractivity contribution >= 4 is 23.4 Å². The number of carbonyl (C=O) groups excluding carboxylic acids is 3. The summed E-state index contributed by atoms with van der Waals surface area (Å²) in [5.74, 6) is 0.379. The number of amides is 3. The first-order valence-corrected chi connectivity index (χ1v) is 12.2. The van der Waals surface area contributed by atoms with Crippen LogP contribution >= 0.6 is 0 Å². The molecule has 1 saturated heterocycles. The Morgan fingerprint density at radius 3 is 2.67 bits per heavy atom. The van der Waals surface area contributed by atoms with E-state index >= 15 is 0 Å². The Labute approximate surface area is 195 Å². The van der Waals surface area contributed by atoms with Crippen LogP contribution in [0.1, 0.15) is 68.6 Å². The summed E-state index contributed by atoms with van der Waals surface area (Å²) in [6.45, 7) is 2.79. The van der Waals surface area contributed by atoms with Crippen molar-refractivity contribution in [2.24, 2.45) is 5.92 Å². The van der Waals surface area contributed by atoms with Crippen molar-refractivity contribution in [3.63, 3.8) is 0 Å². The molecule has 3 aliphatic rings. The van der Waals surface area contributed by atoms with Crippen LogP contribution in [0.15, 0.2) is 18.2 Å². The molecule has 0 radical (unpaired) electrons. The van der Waals surface area contributed by atoms with Gasteiger partial charge in [0.1, 0.15) is 18.5 Å². The van der Waals surface area contributed by atoms with E-state index in [1.54, 1.807) is 30.1 Å². The van der Waals surface area contributed by atoms with Crippen LogP contribution in [-0.4, -0.2) is 61.1 Å². The van der Waals surface area contributed by atoms with Gasteiger partial charge in [0.2, 0.25) is 11.8 Å². The summed E-state index contributed by atoms with van der Waals surface area (Å²) in [5, 5.41) is 5.81. The number of hydrogen-bond acceptors (Lipinski definition) is 5. The van der Waals surface area contributed by atoms with E-state index in [1.165, 1.54) is 6.42 Å². The molecule has 4 rings (SSSR count). The molecule has 0 bridgehead atoms. The van der Waals surface area contributed by atoms with Crippen LogP contribution in [0.5, 0.6) is 5.75 Å². The molecule has 1 aromatic carbocycles. The molecule has 2 heterocycles. The van der Waals surface area contributed by atoms with Crippen LogP contribution in [0.4, 0.5) is 5.69 Å². The van der Waals surface area contributed by atoms with Crippen molar-refractivity contribution in [3.05, 3.63) is 23.8 Å². The van der Waals surface area contributed by atoms with E-state index < -0.39 is 0 Å². The molecule has 2 N–H and O–H groups in total. The number of ether oxygens (including phenoxy) is 2. The summed E-state index contributed by atoms with van der Waals surface area (Å²) >= 11 is 0. The first kappa shape index (κ1) is 23.5. The molecule has 0 unspecified atom stereocenters. The molecule has 2 fully saturated rings. The number of nitrogens with one attached hydrogen (secondary N) is 2. The molecule has 1 aliphatic carbocycles. The van der Waals surface area contributed by atoms with E-state index in [9.17, 15) is 14.4 Å². The maximum Gasteiger partial charge on any atom is 0.257 e. The average Bonchev–Trinajstić information content (AvgIpc) is 2.82. The van der Waals surface area contributed by atoms with Crippen LogP contribution in [0.2, 0.25) is 0 Å². The van der Waals surface area contributed by atoms with E-state index in [0.29, 0.717) is 43.0 Å². The van der Waals surface area contributed by atoms with Gasteiger partial charge in [-0.25, -0.2) is 0 Å². The highest BCUT2D eigenvalue weighted by molar-refractivity contribution is 6.00. The molecule has 33 heavy (non-hydrogen) atoms. The van der Waals surface area contributed by atoms with Gasteiger partial charge >= 0.3 is 0 Å². The van der Waals surface area contributed by atoms with Crippen LogP contribution in [-0.2, 0) is 14.3 Å². The van der Waals surface area contributed by atoms with Gasteiger partial charge in [-0.1, -0.05) is 19.3 Å². The second-order valence-corrected chi connectivity index (χ2v) is 9.36. The minimum Gasteiger partial charge on any atom is -0.490 e. The van der Waals surface area contributed by atoms with Gasteiger partial charge in [0.05, 0.1) is 24.1 Å². The van der Waals surface area contributed by atoms with Crippen molar-refractivity contribution < 1.29 is 23.9 Å². The van der Waals surface area contributed by atoms with Crippen molar-refractivity contribution in [3.8, 4) is 5.75 Å². The molecule has 3 atom stereocenters. The molecular formula is C25H35N3O5. The average molecular weight is 458 g/mol. The summed E-state index contributed by atoms with van der Waals surface area (Å²) in [6.07, 6.45) is 6.51. The SMILES string of the molecule is CCNC(=O)C[C@H]1CC[C@@H]2[C@@H](COc3ccc(NC(=O)C4CCCCC4)cc3C(=O)N2C)O1. The number of likely N-dealkylation sites (N-methyl/N-ethyl adjacent to an activating group) is 1. The van der Waals surface area contributed by atoms with Crippen molar-refractivity contribution in [1.29, 1.82) is 0 Å². The Morgan fingerprint density at radius 1 is 1.12 bits per heavy atom. The third kappa shape index (κ3) is 5.49. The normalized spacial score (nSPS) is 25.7. The summed E-state index contributed by atoms with van der Waals surface area (Å²) in [4.78, 5) is 39.7. The molecule has 8 nitrogen and oxygen atoms in total. The molecule has 0 spiro atoms. The Bertz CT molecular complexity index is 883. The number of nitrogens with zero attached hydrogens (tertiary/aromatic N) is 1. The number of benzene rings is 1. The molecule has 180 valence electrons. The molecule has 0 aromatic heterocycles. The van der Waals surface area contributed by atoms with Gasteiger partial charge in [-0.2, -0.15) is 0 Å². The van der Waals surface area contributed by atoms with Gasteiger partial charge in [0, 0.05) is 25.2 Å². The van der Waals surface area contributed by atoms with Gasteiger partial charge in [0.25, 0.3) is 5.91 Å². The number of carbonyl (C=O) groups is 3. The molecule has 1 saturated carbocycles. The lowest BCUT2D eigenvalue weighted by atomic mass is 9.88. The van der Waals surface area contributed by atoms with Gasteiger partial charge in [-0.3, -0.25) is 14.4 Å². The third-order valence-electron chi connectivity index (χ3n) is 7.04. The topological polar surface area (TPSA) is 97.0 Å². The fraction of sp³-hybridized carbons (Fsp3) is 0.640. The van der Waals surface area contributed by atoms with Gasteiger partial charge in [0.15, 0.2) is 0 Å². The Morgan fingerprint density at radius 2 is 1.91 bits per heavy atom. The fourth-order valence-corrected chi connectivity index (χ4v) is 5.19. The monoisotopic (exact) mass is 457 g/mol. The van der Waals surface area contributed by atoms with Crippen molar-refractivity contribution in [1.82, 2.24) is 10.2 Å². The zero-order valence-corrected chi connectivity index (χ0v) is 19.6. The Balaban J connectivity index is 1.46. The lowest BCUT2D eigenvalue weighted by molar-refractivity contribution is -0.134. The minimum absolute atomic E-state index is 0.0229. The van der Waals surface area contributed by atoms with E-state index in [-0.39, 0.29) is 41.9 Å².